The van der Waals surface area contributed by atoms with E-state index in [1.165, 1.54) is 10.4 Å². The van der Waals surface area contributed by atoms with E-state index < -0.39 is 0 Å². The van der Waals surface area contributed by atoms with Crippen molar-refractivity contribution >= 4 is 17.3 Å². The summed E-state index contributed by atoms with van der Waals surface area (Å²) in [6.07, 6.45) is 2.99. The van der Waals surface area contributed by atoms with Crippen LogP contribution in [0.25, 0.3) is 0 Å². The van der Waals surface area contributed by atoms with Crippen LogP contribution in [0, 0.1) is 0 Å². The maximum Gasteiger partial charge on any atom is 0.191 e. The lowest BCUT2D eigenvalue weighted by molar-refractivity contribution is 0.249. The summed E-state index contributed by atoms with van der Waals surface area (Å²) in [6.45, 7) is 9.71. The average Bonchev–Trinajstić information content (AvgIpc) is 3.12. The Balaban J connectivity index is 1.84. The summed E-state index contributed by atoms with van der Waals surface area (Å²) in [7, 11) is 2.16. The van der Waals surface area contributed by atoms with Crippen molar-refractivity contribution in [1.29, 1.82) is 0 Å². The number of rotatable bonds is 9. The van der Waals surface area contributed by atoms with E-state index >= 15 is 0 Å². The number of aliphatic imine (C=N–C) groups is 1. The summed E-state index contributed by atoms with van der Waals surface area (Å²) in [4.78, 5) is 12.8. The molecule has 26 heavy (non-hydrogen) atoms. The molecule has 0 aliphatic rings. The Morgan fingerprint density at radius 3 is 2.65 bits per heavy atom. The van der Waals surface area contributed by atoms with E-state index in [0.29, 0.717) is 12.6 Å². The zero-order valence-corrected chi connectivity index (χ0v) is 17.1. The molecule has 0 saturated heterocycles. The summed E-state index contributed by atoms with van der Waals surface area (Å²) in [5.41, 5.74) is 1.33. The predicted octanol–water partition coefficient (Wildman–Crippen LogP) is 3.28. The minimum absolute atomic E-state index is 0.394. The fourth-order valence-electron chi connectivity index (χ4n) is 2.50. The Bertz CT molecular complexity index is 668. The normalized spacial score (nSPS) is 13.0. The van der Waals surface area contributed by atoms with Gasteiger partial charge in [0, 0.05) is 36.8 Å². The van der Waals surface area contributed by atoms with Crippen molar-refractivity contribution in [2.24, 2.45) is 4.99 Å². The van der Waals surface area contributed by atoms with Crippen LogP contribution in [0.5, 0.6) is 0 Å². The van der Waals surface area contributed by atoms with Gasteiger partial charge in [-0.3, -0.25) is 4.90 Å². The van der Waals surface area contributed by atoms with Crippen LogP contribution in [0.1, 0.15) is 36.2 Å². The maximum absolute atomic E-state index is 4.67. The standard InChI is InChI=1S/C20H31N5S/c1-5-18-13-22-19(26-18)14-24-20(21-6-2)23-12-16(3)25(4)15-17-10-8-7-9-11-17/h7-11,13,16H,5-6,12,14-15H2,1-4H3,(H2,21,23,24). The smallest absolute Gasteiger partial charge is 0.191 e. The Morgan fingerprint density at radius 2 is 2.00 bits per heavy atom. The van der Waals surface area contributed by atoms with Crippen molar-refractivity contribution < 1.29 is 0 Å². The van der Waals surface area contributed by atoms with Crippen molar-refractivity contribution in [1.82, 2.24) is 20.5 Å². The van der Waals surface area contributed by atoms with E-state index in [0.717, 1.165) is 37.0 Å². The molecule has 0 amide bonds. The number of hydrogen-bond acceptors (Lipinski definition) is 4. The third-order valence-corrected chi connectivity index (χ3v) is 5.39. The van der Waals surface area contributed by atoms with Gasteiger partial charge in [-0.2, -0.15) is 0 Å². The van der Waals surface area contributed by atoms with Crippen molar-refractivity contribution in [2.75, 3.05) is 20.1 Å². The second-order valence-corrected chi connectivity index (χ2v) is 7.60. The van der Waals surface area contributed by atoms with Gasteiger partial charge in [0.2, 0.25) is 0 Å². The van der Waals surface area contributed by atoms with Gasteiger partial charge < -0.3 is 10.6 Å². The monoisotopic (exact) mass is 373 g/mol. The maximum atomic E-state index is 4.67. The molecule has 0 spiro atoms. The molecular weight excluding hydrogens is 342 g/mol. The van der Waals surface area contributed by atoms with E-state index in [2.05, 4.69) is 83.7 Å². The number of aryl methyl sites for hydroxylation is 1. The van der Waals surface area contributed by atoms with Crippen molar-refractivity contribution in [3.63, 3.8) is 0 Å². The van der Waals surface area contributed by atoms with Gasteiger partial charge in [-0.05, 0) is 32.9 Å². The number of aromatic nitrogens is 1. The molecule has 0 fully saturated rings. The molecule has 0 bridgehead atoms. The van der Waals surface area contributed by atoms with E-state index in [1.807, 2.05) is 6.20 Å². The third-order valence-electron chi connectivity index (χ3n) is 4.26. The van der Waals surface area contributed by atoms with Crippen LogP contribution >= 0.6 is 11.3 Å². The average molecular weight is 374 g/mol. The first kappa shape index (κ1) is 20.4. The SMILES string of the molecule is CCNC(=NCc1ncc(CC)s1)NCC(C)N(C)Cc1ccccc1. The number of nitrogens with one attached hydrogen (secondary N) is 2. The molecular formula is C20H31N5S. The molecule has 5 nitrogen and oxygen atoms in total. The summed E-state index contributed by atoms with van der Waals surface area (Å²) in [5, 5.41) is 7.83. The molecule has 2 aromatic rings. The van der Waals surface area contributed by atoms with Crippen LogP contribution in [-0.2, 0) is 19.5 Å². The van der Waals surface area contributed by atoms with Gasteiger partial charge in [0.1, 0.15) is 5.01 Å². The van der Waals surface area contributed by atoms with Crippen LogP contribution < -0.4 is 10.6 Å². The van der Waals surface area contributed by atoms with Crippen molar-refractivity contribution in [3.8, 4) is 0 Å². The van der Waals surface area contributed by atoms with Crippen molar-refractivity contribution in [2.45, 2.75) is 46.3 Å². The molecule has 1 aromatic carbocycles. The van der Waals surface area contributed by atoms with Crippen LogP contribution in [0.2, 0.25) is 0 Å². The van der Waals surface area contributed by atoms with Gasteiger partial charge in [0.05, 0.1) is 6.54 Å². The van der Waals surface area contributed by atoms with Gasteiger partial charge in [0.15, 0.2) is 5.96 Å². The first-order valence-corrected chi connectivity index (χ1v) is 10.1. The van der Waals surface area contributed by atoms with Crippen LogP contribution in [0.15, 0.2) is 41.5 Å². The molecule has 2 N–H and O–H groups in total. The summed E-state index contributed by atoms with van der Waals surface area (Å²) < 4.78 is 0. The van der Waals surface area contributed by atoms with E-state index in [-0.39, 0.29) is 0 Å². The summed E-state index contributed by atoms with van der Waals surface area (Å²) in [6, 6.07) is 11.0. The molecule has 6 heteroatoms. The molecule has 0 aliphatic carbocycles. The Labute approximate surface area is 161 Å². The Hall–Kier alpha value is -1.92. The van der Waals surface area contributed by atoms with Gasteiger partial charge >= 0.3 is 0 Å². The molecule has 0 saturated carbocycles. The van der Waals surface area contributed by atoms with Gasteiger partial charge in [-0.15, -0.1) is 11.3 Å². The van der Waals surface area contributed by atoms with E-state index in [9.17, 15) is 0 Å². The minimum atomic E-state index is 0.394. The summed E-state index contributed by atoms with van der Waals surface area (Å²) in [5.74, 6) is 0.848. The topological polar surface area (TPSA) is 52.6 Å². The minimum Gasteiger partial charge on any atom is -0.357 e. The molecule has 1 atom stereocenters. The second kappa shape index (κ2) is 10.9. The molecule has 142 valence electrons. The highest BCUT2D eigenvalue weighted by molar-refractivity contribution is 7.11. The fourth-order valence-corrected chi connectivity index (χ4v) is 3.29. The predicted molar refractivity (Wildman–Crippen MR) is 112 cm³/mol. The molecule has 2 rings (SSSR count). The zero-order chi connectivity index (χ0) is 18.8. The lowest BCUT2D eigenvalue weighted by Crippen LogP contribution is -2.44. The number of likely N-dealkylation sites (N-methyl/N-ethyl adjacent to an activating group) is 1. The van der Waals surface area contributed by atoms with Crippen molar-refractivity contribution in [3.05, 3.63) is 52.0 Å². The lowest BCUT2D eigenvalue weighted by Gasteiger charge is -2.25. The Morgan fingerprint density at radius 1 is 1.23 bits per heavy atom. The van der Waals surface area contributed by atoms with Gasteiger partial charge in [-0.25, -0.2) is 9.98 Å². The van der Waals surface area contributed by atoms with Crippen LogP contribution in [-0.4, -0.2) is 42.0 Å². The summed E-state index contributed by atoms with van der Waals surface area (Å²) >= 11 is 1.74. The number of hydrogen-bond donors (Lipinski definition) is 2. The highest BCUT2D eigenvalue weighted by Crippen LogP contribution is 2.14. The number of thiazole rings is 1. The van der Waals surface area contributed by atoms with Crippen LogP contribution in [0.4, 0.5) is 0 Å². The molecule has 0 aliphatic heterocycles. The molecule has 1 heterocycles. The van der Waals surface area contributed by atoms with Gasteiger partial charge in [-0.1, -0.05) is 37.3 Å². The Kier molecular flexibility index (Phi) is 8.58. The third kappa shape index (κ3) is 6.77. The number of guanidine groups is 1. The first-order valence-electron chi connectivity index (χ1n) is 9.32. The molecule has 1 unspecified atom stereocenters. The highest BCUT2D eigenvalue weighted by Gasteiger charge is 2.10. The first-order chi connectivity index (χ1) is 12.6. The number of nitrogens with zero attached hydrogens (tertiary/aromatic N) is 3. The largest absolute Gasteiger partial charge is 0.357 e. The lowest BCUT2D eigenvalue weighted by atomic mass is 10.2. The molecule has 0 radical (unpaired) electrons. The van der Waals surface area contributed by atoms with E-state index in [4.69, 9.17) is 0 Å². The fraction of sp³-hybridized carbons (Fsp3) is 0.500. The van der Waals surface area contributed by atoms with Gasteiger partial charge in [0.25, 0.3) is 0 Å². The zero-order valence-electron chi connectivity index (χ0n) is 16.3. The highest BCUT2D eigenvalue weighted by atomic mass is 32.1. The van der Waals surface area contributed by atoms with E-state index in [1.54, 1.807) is 11.3 Å². The van der Waals surface area contributed by atoms with Crippen LogP contribution in [0.3, 0.4) is 0 Å². The molecule has 1 aromatic heterocycles. The second-order valence-electron chi connectivity index (χ2n) is 6.40. The quantitative estimate of drug-likeness (QED) is 0.523. The number of benzene rings is 1.